The topological polar surface area (TPSA) is 73.6 Å². The first-order valence-corrected chi connectivity index (χ1v) is 5.47. The Balaban J connectivity index is 2.31. The summed E-state index contributed by atoms with van der Waals surface area (Å²) in [5, 5.41) is 2.91. The Hall–Kier alpha value is -0.650. The van der Waals surface area contributed by atoms with Crippen LogP contribution < -0.4 is 11.1 Å². The monoisotopic (exact) mass is 216 g/mol. The van der Waals surface area contributed by atoms with Crippen molar-refractivity contribution in [3.05, 3.63) is 0 Å². The molecule has 0 spiro atoms. The Morgan fingerprint density at radius 3 is 2.93 bits per heavy atom. The predicted molar refractivity (Wildman–Crippen MR) is 56.5 cm³/mol. The van der Waals surface area contributed by atoms with Crippen LogP contribution >= 0.6 is 0 Å². The summed E-state index contributed by atoms with van der Waals surface area (Å²) in [5.74, 6) is -0.0880. The van der Waals surface area contributed by atoms with Crippen LogP contribution in [0.4, 0.5) is 0 Å². The van der Waals surface area contributed by atoms with E-state index in [1.54, 1.807) is 0 Å². The quantitative estimate of drug-likeness (QED) is 0.658. The van der Waals surface area contributed by atoms with Crippen LogP contribution in [0, 0.1) is 0 Å². The average molecular weight is 216 g/mol. The van der Waals surface area contributed by atoms with Gasteiger partial charge < -0.3 is 20.5 Å². The summed E-state index contributed by atoms with van der Waals surface area (Å²) in [5.41, 5.74) is 5.45. The number of nitrogens with one attached hydrogen (secondary N) is 1. The molecule has 0 saturated carbocycles. The molecular weight excluding hydrogens is 196 g/mol. The number of hydrogen-bond donors (Lipinski definition) is 2. The summed E-state index contributed by atoms with van der Waals surface area (Å²) < 4.78 is 10.5. The SMILES string of the molecule is CCC(CCN)NC(=O)C1COCCO1. The van der Waals surface area contributed by atoms with Gasteiger partial charge in [0.15, 0.2) is 6.10 Å². The first-order chi connectivity index (χ1) is 7.27. The molecule has 1 heterocycles. The molecule has 2 atom stereocenters. The van der Waals surface area contributed by atoms with Crippen LogP contribution in [0.15, 0.2) is 0 Å². The molecule has 15 heavy (non-hydrogen) atoms. The highest BCUT2D eigenvalue weighted by Gasteiger charge is 2.23. The molecule has 1 saturated heterocycles. The van der Waals surface area contributed by atoms with E-state index in [1.807, 2.05) is 6.92 Å². The molecule has 0 radical (unpaired) electrons. The molecule has 0 bridgehead atoms. The number of hydrogen-bond acceptors (Lipinski definition) is 4. The molecule has 0 aliphatic carbocycles. The summed E-state index contributed by atoms with van der Waals surface area (Å²) in [6.45, 7) is 4.03. The van der Waals surface area contributed by atoms with Gasteiger partial charge in [0, 0.05) is 6.04 Å². The lowest BCUT2D eigenvalue weighted by molar-refractivity contribution is -0.148. The van der Waals surface area contributed by atoms with Crippen molar-refractivity contribution in [3.8, 4) is 0 Å². The number of ether oxygens (including phenoxy) is 2. The standard InChI is InChI=1S/C10H20N2O3/c1-2-8(3-4-11)12-10(13)9-7-14-5-6-15-9/h8-9H,2-7,11H2,1H3,(H,12,13). The number of rotatable bonds is 5. The lowest BCUT2D eigenvalue weighted by Crippen LogP contribution is -2.46. The average Bonchev–Trinajstić information content (AvgIpc) is 2.29. The second kappa shape index (κ2) is 6.76. The van der Waals surface area contributed by atoms with E-state index in [9.17, 15) is 4.79 Å². The molecule has 2 unspecified atom stereocenters. The van der Waals surface area contributed by atoms with E-state index in [2.05, 4.69) is 5.32 Å². The third-order valence-corrected chi connectivity index (χ3v) is 2.46. The number of carbonyl (C=O) groups is 1. The molecule has 0 aromatic rings. The molecule has 1 fully saturated rings. The van der Waals surface area contributed by atoms with Gasteiger partial charge in [-0.15, -0.1) is 0 Å². The highest BCUT2D eigenvalue weighted by molar-refractivity contribution is 5.81. The normalized spacial score (nSPS) is 23.5. The maximum atomic E-state index is 11.7. The van der Waals surface area contributed by atoms with Crippen LogP contribution in [0.5, 0.6) is 0 Å². The van der Waals surface area contributed by atoms with E-state index in [0.29, 0.717) is 26.4 Å². The van der Waals surface area contributed by atoms with Crippen LogP contribution in [-0.4, -0.2) is 44.4 Å². The Labute approximate surface area is 90.3 Å². The first-order valence-electron chi connectivity index (χ1n) is 5.47. The molecule has 88 valence electrons. The van der Waals surface area contributed by atoms with Crippen LogP contribution in [0.2, 0.25) is 0 Å². The van der Waals surface area contributed by atoms with Gasteiger partial charge in [-0.1, -0.05) is 6.92 Å². The second-order valence-corrected chi connectivity index (χ2v) is 3.63. The van der Waals surface area contributed by atoms with Gasteiger partial charge in [-0.3, -0.25) is 4.79 Å². The lowest BCUT2D eigenvalue weighted by atomic mass is 10.1. The molecule has 0 aromatic carbocycles. The van der Waals surface area contributed by atoms with Gasteiger partial charge in [0.05, 0.1) is 19.8 Å². The van der Waals surface area contributed by atoms with Crippen LogP contribution in [0.25, 0.3) is 0 Å². The van der Waals surface area contributed by atoms with E-state index in [0.717, 1.165) is 12.8 Å². The summed E-state index contributed by atoms with van der Waals surface area (Å²) >= 11 is 0. The zero-order valence-electron chi connectivity index (χ0n) is 9.20. The number of amides is 1. The Morgan fingerprint density at radius 2 is 2.40 bits per heavy atom. The minimum atomic E-state index is -0.453. The van der Waals surface area contributed by atoms with E-state index in [4.69, 9.17) is 15.2 Å². The van der Waals surface area contributed by atoms with Crippen molar-refractivity contribution in [2.75, 3.05) is 26.4 Å². The third-order valence-electron chi connectivity index (χ3n) is 2.46. The van der Waals surface area contributed by atoms with Gasteiger partial charge in [-0.25, -0.2) is 0 Å². The van der Waals surface area contributed by atoms with Gasteiger partial charge in [-0.2, -0.15) is 0 Å². The minimum Gasteiger partial charge on any atom is -0.376 e. The molecule has 1 aliphatic rings. The molecule has 5 heteroatoms. The Morgan fingerprint density at radius 1 is 1.60 bits per heavy atom. The fourth-order valence-electron chi connectivity index (χ4n) is 1.51. The van der Waals surface area contributed by atoms with Crippen molar-refractivity contribution in [3.63, 3.8) is 0 Å². The third kappa shape index (κ3) is 4.15. The second-order valence-electron chi connectivity index (χ2n) is 3.63. The van der Waals surface area contributed by atoms with Gasteiger partial charge in [-0.05, 0) is 19.4 Å². The number of carbonyl (C=O) groups excluding carboxylic acids is 1. The minimum absolute atomic E-state index is 0.0880. The molecule has 1 aliphatic heterocycles. The highest BCUT2D eigenvalue weighted by Crippen LogP contribution is 2.03. The summed E-state index contributed by atoms with van der Waals surface area (Å²) in [6, 6.07) is 0.146. The van der Waals surface area contributed by atoms with Crippen molar-refractivity contribution in [2.24, 2.45) is 5.73 Å². The molecule has 0 aromatic heterocycles. The summed E-state index contributed by atoms with van der Waals surface area (Å²) in [4.78, 5) is 11.7. The van der Waals surface area contributed by atoms with Crippen molar-refractivity contribution in [1.82, 2.24) is 5.32 Å². The fourth-order valence-corrected chi connectivity index (χ4v) is 1.51. The Bertz CT molecular complexity index is 193. The molecule has 5 nitrogen and oxygen atoms in total. The number of nitrogens with two attached hydrogens (primary N) is 1. The van der Waals surface area contributed by atoms with Gasteiger partial charge in [0.2, 0.25) is 0 Å². The van der Waals surface area contributed by atoms with Crippen molar-refractivity contribution in [1.29, 1.82) is 0 Å². The fraction of sp³-hybridized carbons (Fsp3) is 0.900. The lowest BCUT2D eigenvalue weighted by Gasteiger charge is -2.24. The van der Waals surface area contributed by atoms with E-state index < -0.39 is 6.10 Å². The highest BCUT2D eigenvalue weighted by atomic mass is 16.6. The zero-order chi connectivity index (χ0) is 11.1. The Kier molecular flexibility index (Phi) is 5.60. The first kappa shape index (κ1) is 12.4. The zero-order valence-corrected chi connectivity index (χ0v) is 9.20. The van der Waals surface area contributed by atoms with Crippen molar-refractivity contribution < 1.29 is 14.3 Å². The van der Waals surface area contributed by atoms with Crippen molar-refractivity contribution in [2.45, 2.75) is 31.9 Å². The van der Waals surface area contributed by atoms with Crippen LogP contribution in [0.1, 0.15) is 19.8 Å². The maximum Gasteiger partial charge on any atom is 0.251 e. The maximum absolute atomic E-state index is 11.7. The molecule has 3 N–H and O–H groups in total. The summed E-state index contributed by atoms with van der Waals surface area (Å²) in [6.07, 6.45) is 1.23. The molecule has 1 amide bonds. The van der Waals surface area contributed by atoms with E-state index in [-0.39, 0.29) is 11.9 Å². The predicted octanol–water partition coefficient (Wildman–Crippen LogP) is -0.355. The van der Waals surface area contributed by atoms with Crippen LogP contribution in [0.3, 0.4) is 0 Å². The largest absolute Gasteiger partial charge is 0.376 e. The van der Waals surface area contributed by atoms with Crippen LogP contribution in [-0.2, 0) is 14.3 Å². The molecular formula is C10H20N2O3. The molecule has 1 rings (SSSR count). The summed E-state index contributed by atoms with van der Waals surface area (Å²) in [7, 11) is 0. The van der Waals surface area contributed by atoms with Gasteiger partial charge in [0.25, 0.3) is 5.91 Å². The van der Waals surface area contributed by atoms with Gasteiger partial charge >= 0.3 is 0 Å². The van der Waals surface area contributed by atoms with E-state index in [1.165, 1.54) is 0 Å². The van der Waals surface area contributed by atoms with Gasteiger partial charge in [0.1, 0.15) is 0 Å². The smallest absolute Gasteiger partial charge is 0.251 e. The van der Waals surface area contributed by atoms with Crippen molar-refractivity contribution >= 4 is 5.91 Å². The van der Waals surface area contributed by atoms with E-state index >= 15 is 0 Å².